The number of hydrogen-bond donors (Lipinski definition) is 1. The Morgan fingerprint density at radius 1 is 1.24 bits per heavy atom. The van der Waals surface area contributed by atoms with Gasteiger partial charge in [-0.05, 0) is 36.8 Å². The van der Waals surface area contributed by atoms with E-state index in [1.54, 1.807) is 24.3 Å². The highest BCUT2D eigenvalue weighted by Crippen LogP contribution is 2.36. The van der Waals surface area contributed by atoms with E-state index in [1.165, 1.54) is 18.8 Å². The molecule has 0 fully saturated rings. The summed E-state index contributed by atoms with van der Waals surface area (Å²) in [6.45, 7) is 0.621. The van der Waals surface area contributed by atoms with Gasteiger partial charge in [-0.3, -0.25) is 9.78 Å². The van der Waals surface area contributed by atoms with Crippen molar-refractivity contribution >= 4 is 23.3 Å². The number of hydrogen-bond acceptors (Lipinski definition) is 5. The van der Waals surface area contributed by atoms with Gasteiger partial charge in [0.25, 0.3) is 5.56 Å². The summed E-state index contributed by atoms with van der Waals surface area (Å²) in [4.78, 5) is 19.1. The molecule has 2 aromatic heterocycles. The van der Waals surface area contributed by atoms with Crippen LogP contribution < -0.4 is 10.3 Å². The van der Waals surface area contributed by atoms with Crippen LogP contribution in [-0.2, 0) is 17.5 Å². The second-order valence-electron chi connectivity index (χ2n) is 6.24. The number of rotatable bonds is 6. The zero-order valence-corrected chi connectivity index (χ0v) is 16.5. The number of alkyl halides is 3. The molecule has 0 spiro atoms. The molecule has 0 atom stereocenters. The van der Waals surface area contributed by atoms with Crippen molar-refractivity contribution < 1.29 is 22.6 Å². The van der Waals surface area contributed by atoms with Crippen LogP contribution in [0.25, 0.3) is 22.3 Å². The van der Waals surface area contributed by atoms with Gasteiger partial charge in [-0.25, -0.2) is 4.98 Å². The molecule has 3 aromatic rings. The molecule has 2 heterocycles. The monoisotopic (exact) mass is 425 g/mol. The zero-order valence-electron chi connectivity index (χ0n) is 15.7. The molecule has 0 amide bonds. The Morgan fingerprint density at radius 2 is 2.00 bits per heavy atom. The van der Waals surface area contributed by atoms with E-state index in [1.807, 2.05) is 0 Å². The van der Waals surface area contributed by atoms with Crippen molar-refractivity contribution in [3.05, 3.63) is 51.0 Å². The van der Waals surface area contributed by atoms with Gasteiger partial charge in [0.05, 0.1) is 23.8 Å². The highest BCUT2D eigenvalue weighted by molar-refractivity contribution is 7.71. The molecule has 0 saturated heterocycles. The Morgan fingerprint density at radius 3 is 2.66 bits per heavy atom. The number of methoxy groups -OCH3 is 2. The first-order valence-electron chi connectivity index (χ1n) is 8.64. The fraction of sp³-hybridized carbons (Fsp3) is 0.316. The first-order chi connectivity index (χ1) is 13.8. The van der Waals surface area contributed by atoms with Crippen molar-refractivity contribution in [2.75, 3.05) is 20.8 Å². The molecule has 1 aromatic carbocycles. The molecule has 0 bridgehead atoms. The second kappa shape index (κ2) is 8.34. The predicted molar refractivity (Wildman–Crippen MR) is 105 cm³/mol. The van der Waals surface area contributed by atoms with E-state index in [-0.39, 0.29) is 22.7 Å². The first kappa shape index (κ1) is 21.0. The Kier molecular flexibility index (Phi) is 6.04. The number of aromatic amines is 1. The van der Waals surface area contributed by atoms with Crippen LogP contribution in [0.4, 0.5) is 13.2 Å². The molecule has 0 aliphatic carbocycles. The van der Waals surface area contributed by atoms with E-state index < -0.39 is 22.7 Å². The first-order valence-corrected chi connectivity index (χ1v) is 9.05. The minimum atomic E-state index is -4.75. The van der Waals surface area contributed by atoms with Gasteiger partial charge < -0.3 is 14.0 Å². The van der Waals surface area contributed by atoms with Crippen LogP contribution >= 0.6 is 12.2 Å². The summed E-state index contributed by atoms with van der Waals surface area (Å²) in [7, 11) is 2.98. The van der Waals surface area contributed by atoms with E-state index in [2.05, 4.69) is 9.97 Å². The molecular weight excluding hydrogens is 407 g/mol. The van der Waals surface area contributed by atoms with Crippen LogP contribution in [0, 0.1) is 4.77 Å². The molecular formula is C19H18F3N3O3S. The lowest BCUT2D eigenvalue weighted by molar-refractivity contribution is -0.136. The van der Waals surface area contributed by atoms with Crippen molar-refractivity contribution in [3.63, 3.8) is 0 Å². The molecule has 29 heavy (non-hydrogen) atoms. The summed E-state index contributed by atoms with van der Waals surface area (Å²) < 4.78 is 53.0. The second-order valence-corrected chi connectivity index (χ2v) is 6.63. The third-order valence-electron chi connectivity index (χ3n) is 4.35. The molecule has 1 N–H and O–H groups in total. The number of fused-ring (bicyclic) bond motifs is 1. The summed E-state index contributed by atoms with van der Waals surface area (Å²) in [6, 6.07) is 7.39. The van der Waals surface area contributed by atoms with Gasteiger partial charge in [0.2, 0.25) is 0 Å². The SMILES string of the molecule is COCCCn1c(=S)[nH]c(=O)c2c(C(F)(F)F)cc(-c3cccc(OC)c3)nc21. The maximum absolute atomic E-state index is 13.8. The zero-order chi connectivity index (χ0) is 21.2. The molecule has 0 aliphatic rings. The molecule has 0 radical (unpaired) electrons. The summed E-state index contributed by atoms with van der Waals surface area (Å²) in [5, 5.41) is -0.546. The Labute approximate surface area is 168 Å². The van der Waals surface area contributed by atoms with Crippen LogP contribution in [0.5, 0.6) is 5.75 Å². The van der Waals surface area contributed by atoms with Crippen LogP contribution in [0.15, 0.2) is 35.1 Å². The summed E-state index contributed by atoms with van der Waals surface area (Å²) in [5.74, 6) is 0.473. The van der Waals surface area contributed by atoms with Gasteiger partial charge in [-0.1, -0.05) is 12.1 Å². The Balaban J connectivity index is 2.36. The highest BCUT2D eigenvalue weighted by Gasteiger charge is 2.35. The quantitative estimate of drug-likeness (QED) is 0.474. The number of nitrogens with zero attached hydrogens (tertiary/aromatic N) is 2. The Bertz CT molecular complexity index is 1160. The number of H-pyrrole nitrogens is 1. The maximum Gasteiger partial charge on any atom is 0.417 e. The van der Waals surface area contributed by atoms with Crippen molar-refractivity contribution in [1.29, 1.82) is 0 Å². The van der Waals surface area contributed by atoms with Crippen LogP contribution in [0.2, 0.25) is 0 Å². The summed E-state index contributed by atoms with van der Waals surface area (Å²) >= 11 is 5.18. The Hall–Kier alpha value is -2.72. The molecule has 3 rings (SSSR count). The van der Waals surface area contributed by atoms with Crippen molar-refractivity contribution in [3.8, 4) is 17.0 Å². The van der Waals surface area contributed by atoms with Gasteiger partial charge in [0, 0.05) is 25.8 Å². The fourth-order valence-corrected chi connectivity index (χ4v) is 3.27. The van der Waals surface area contributed by atoms with Crippen molar-refractivity contribution in [2.24, 2.45) is 0 Å². The number of aryl methyl sites for hydroxylation is 1. The molecule has 10 heteroatoms. The van der Waals surface area contributed by atoms with E-state index in [0.717, 1.165) is 6.07 Å². The van der Waals surface area contributed by atoms with Gasteiger partial charge in [-0.15, -0.1) is 0 Å². The third-order valence-corrected chi connectivity index (χ3v) is 4.67. The van der Waals surface area contributed by atoms with Gasteiger partial charge in [-0.2, -0.15) is 13.2 Å². The molecule has 6 nitrogen and oxygen atoms in total. The minimum absolute atomic E-state index is 0.00187. The lowest BCUT2D eigenvalue weighted by Gasteiger charge is -2.16. The lowest BCUT2D eigenvalue weighted by Crippen LogP contribution is -2.21. The smallest absolute Gasteiger partial charge is 0.417 e. The average molecular weight is 425 g/mol. The van der Waals surface area contributed by atoms with Crippen LogP contribution in [0.1, 0.15) is 12.0 Å². The summed E-state index contributed by atoms with van der Waals surface area (Å²) in [5.41, 5.74) is -1.64. The number of pyridine rings is 1. The molecule has 154 valence electrons. The van der Waals surface area contributed by atoms with Gasteiger partial charge >= 0.3 is 6.18 Å². The number of aromatic nitrogens is 3. The van der Waals surface area contributed by atoms with Crippen LogP contribution in [0.3, 0.4) is 0 Å². The molecule has 0 unspecified atom stereocenters. The minimum Gasteiger partial charge on any atom is -0.497 e. The number of nitrogens with one attached hydrogen (secondary N) is 1. The number of benzene rings is 1. The predicted octanol–water partition coefficient (Wildman–Crippen LogP) is 4.18. The summed E-state index contributed by atoms with van der Waals surface area (Å²) in [6.07, 6.45) is -4.27. The van der Waals surface area contributed by atoms with E-state index in [4.69, 9.17) is 21.7 Å². The van der Waals surface area contributed by atoms with E-state index >= 15 is 0 Å². The van der Waals surface area contributed by atoms with E-state index in [9.17, 15) is 18.0 Å². The number of halogens is 3. The van der Waals surface area contributed by atoms with Gasteiger partial charge in [0.1, 0.15) is 11.4 Å². The molecule has 0 aliphatic heterocycles. The number of ether oxygens (including phenoxy) is 2. The van der Waals surface area contributed by atoms with Gasteiger partial charge in [0.15, 0.2) is 4.77 Å². The van der Waals surface area contributed by atoms with Crippen molar-refractivity contribution in [2.45, 2.75) is 19.1 Å². The largest absolute Gasteiger partial charge is 0.497 e. The third kappa shape index (κ3) is 4.33. The van der Waals surface area contributed by atoms with Crippen LogP contribution in [-0.4, -0.2) is 35.4 Å². The average Bonchev–Trinajstić information content (AvgIpc) is 2.69. The normalized spacial score (nSPS) is 11.8. The standard InChI is InChI=1S/C19H18F3N3O3S/c1-27-8-4-7-25-16-15(17(26)24-18(25)29)13(19(20,21)22)10-14(23-16)11-5-3-6-12(9-11)28-2/h3,5-6,9-10H,4,7-8H2,1-2H3,(H,24,26,29). The fourth-order valence-electron chi connectivity index (χ4n) is 3.00. The maximum atomic E-state index is 13.8. The van der Waals surface area contributed by atoms with E-state index in [0.29, 0.717) is 24.3 Å². The topological polar surface area (TPSA) is 69.1 Å². The molecule has 0 saturated carbocycles. The van der Waals surface area contributed by atoms with Crippen molar-refractivity contribution in [1.82, 2.24) is 14.5 Å². The lowest BCUT2D eigenvalue weighted by atomic mass is 10.1. The highest BCUT2D eigenvalue weighted by atomic mass is 32.1.